The second-order valence-corrected chi connectivity index (χ2v) is 9.00. The predicted molar refractivity (Wildman–Crippen MR) is 107 cm³/mol. The Labute approximate surface area is 179 Å². The summed E-state index contributed by atoms with van der Waals surface area (Å²) in [6, 6.07) is 0. The van der Waals surface area contributed by atoms with Gasteiger partial charge in [0.05, 0.1) is 24.9 Å². The number of carbonyl (C=O) groups excluding carboxylic acids is 1. The molecule has 0 saturated carbocycles. The average molecular weight is 429 g/mol. The maximum absolute atomic E-state index is 11.8. The number of carbonyl (C=O) groups is 1. The molecule has 0 aromatic rings. The summed E-state index contributed by atoms with van der Waals surface area (Å²) in [6.45, 7) is 17.1. The van der Waals surface area contributed by atoms with Crippen LogP contribution in [0.2, 0.25) is 0 Å². The van der Waals surface area contributed by atoms with E-state index in [-0.39, 0.29) is 30.1 Å². The van der Waals surface area contributed by atoms with Crippen LogP contribution in [0.25, 0.3) is 0 Å². The molecule has 3 aliphatic rings. The van der Waals surface area contributed by atoms with Crippen molar-refractivity contribution in [3.05, 3.63) is 12.7 Å². The molecule has 8 nitrogen and oxygen atoms in total. The third-order valence-corrected chi connectivity index (χ3v) is 6.09. The second-order valence-electron chi connectivity index (χ2n) is 9.00. The molecule has 172 valence electrons. The van der Waals surface area contributed by atoms with E-state index in [1.54, 1.807) is 6.08 Å². The van der Waals surface area contributed by atoms with Crippen LogP contribution in [0.5, 0.6) is 0 Å². The van der Waals surface area contributed by atoms with Crippen molar-refractivity contribution < 1.29 is 38.0 Å². The Morgan fingerprint density at radius 1 is 0.967 bits per heavy atom. The summed E-state index contributed by atoms with van der Waals surface area (Å²) in [5.41, 5.74) is 0. The highest BCUT2D eigenvalue weighted by Crippen LogP contribution is 2.42. The van der Waals surface area contributed by atoms with Gasteiger partial charge < -0.3 is 33.2 Å². The zero-order valence-electron chi connectivity index (χ0n) is 19.0. The molecule has 0 amide bonds. The third kappa shape index (κ3) is 4.89. The molecule has 3 fully saturated rings. The molecule has 0 aromatic heterocycles. The van der Waals surface area contributed by atoms with Crippen molar-refractivity contribution in [2.24, 2.45) is 11.8 Å². The molecule has 0 N–H and O–H groups in total. The van der Waals surface area contributed by atoms with Gasteiger partial charge in [0.2, 0.25) is 0 Å². The zero-order chi connectivity index (χ0) is 22.2. The van der Waals surface area contributed by atoms with Gasteiger partial charge in [0.15, 0.2) is 24.5 Å². The topological polar surface area (TPSA) is 81.7 Å². The fourth-order valence-electron chi connectivity index (χ4n) is 4.42. The van der Waals surface area contributed by atoms with Crippen LogP contribution in [0.4, 0.5) is 0 Å². The van der Waals surface area contributed by atoms with Crippen molar-refractivity contribution in [1.29, 1.82) is 0 Å². The van der Waals surface area contributed by atoms with Crippen LogP contribution in [0.15, 0.2) is 12.7 Å². The van der Waals surface area contributed by atoms with Gasteiger partial charge in [0.25, 0.3) is 0 Å². The van der Waals surface area contributed by atoms with Crippen molar-refractivity contribution in [3.63, 3.8) is 0 Å². The Kier molecular flexibility index (Phi) is 7.26. The minimum atomic E-state index is -0.724. The lowest BCUT2D eigenvalue weighted by atomic mass is 9.90. The summed E-state index contributed by atoms with van der Waals surface area (Å²) in [6.07, 6.45) is -1.68. The molecule has 0 spiro atoms. The summed E-state index contributed by atoms with van der Waals surface area (Å²) >= 11 is 0. The maximum Gasteiger partial charge on any atom is 0.303 e. The van der Waals surface area contributed by atoms with Gasteiger partial charge >= 0.3 is 5.97 Å². The first-order valence-electron chi connectivity index (χ1n) is 10.8. The number of esters is 1. The van der Waals surface area contributed by atoms with E-state index in [1.165, 1.54) is 6.92 Å². The summed E-state index contributed by atoms with van der Waals surface area (Å²) in [4.78, 5) is 11.8. The number of ether oxygens (including phenoxy) is 7. The third-order valence-electron chi connectivity index (χ3n) is 6.09. The Morgan fingerprint density at radius 3 is 2.23 bits per heavy atom. The number of hydrogen-bond donors (Lipinski definition) is 0. The molecule has 3 rings (SSSR count). The van der Waals surface area contributed by atoms with E-state index in [0.29, 0.717) is 6.61 Å². The van der Waals surface area contributed by atoms with Crippen LogP contribution in [-0.2, 0) is 38.0 Å². The minimum absolute atomic E-state index is 0.0821. The maximum atomic E-state index is 11.8. The Balaban J connectivity index is 1.83. The van der Waals surface area contributed by atoms with E-state index in [4.69, 9.17) is 33.2 Å². The van der Waals surface area contributed by atoms with Gasteiger partial charge in [-0.1, -0.05) is 19.9 Å². The molecule has 0 aliphatic carbocycles. The SMILES string of the molecule is C=CCO[C@H]1OC(C)[C@@H](OC(C)=O)C(O[C@@H]2OC(C)[C@H](C)[C@H]3OC(C)(C)OC23)[C@H]1C. The lowest BCUT2D eigenvalue weighted by Gasteiger charge is -2.47. The van der Waals surface area contributed by atoms with E-state index < -0.39 is 42.6 Å². The second kappa shape index (κ2) is 9.22. The van der Waals surface area contributed by atoms with E-state index in [0.717, 1.165) is 0 Å². The van der Waals surface area contributed by atoms with Crippen LogP contribution < -0.4 is 0 Å². The molecular weight excluding hydrogens is 392 g/mol. The van der Waals surface area contributed by atoms with Gasteiger partial charge in [-0.2, -0.15) is 0 Å². The zero-order valence-corrected chi connectivity index (χ0v) is 19.0. The quantitative estimate of drug-likeness (QED) is 0.472. The van der Waals surface area contributed by atoms with Crippen molar-refractivity contribution in [1.82, 2.24) is 0 Å². The fraction of sp³-hybridized carbons (Fsp3) is 0.864. The minimum Gasteiger partial charge on any atom is -0.457 e. The van der Waals surface area contributed by atoms with Crippen molar-refractivity contribution in [2.75, 3.05) is 6.61 Å². The summed E-state index contributed by atoms with van der Waals surface area (Å²) in [7, 11) is 0. The highest BCUT2D eigenvalue weighted by molar-refractivity contribution is 5.66. The molecule has 3 heterocycles. The molecule has 8 heteroatoms. The standard InChI is InChI=1S/C22H36O8/c1-9-10-24-20-12(3)16(18(14(5)26-20)27-15(6)23)28-21-19-17(11(2)13(4)25-21)29-22(7,8)30-19/h9,11-14,16-21H,1,10H2,2-8H3/t11-,12+,13?,14?,16?,17+,18+,19?,20-,21-/m0/s1. The molecule has 30 heavy (non-hydrogen) atoms. The van der Waals surface area contributed by atoms with Gasteiger partial charge in [-0.25, -0.2) is 0 Å². The fourth-order valence-corrected chi connectivity index (χ4v) is 4.42. The smallest absolute Gasteiger partial charge is 0.303 e. The van der Waals surface area contributed by atoms with E-state index in [9.17, 15) is 4.79 Å². The lowest BCUT2D eigenvalue weighted by molar-refractivity contribution is -0.332. The van der Waals surface area contributed by atoms with Gasteiger partial charge in [-0.05, 0) is 27.7 Å². The average Bonchev–Trinajstić information content (AvgIpc) is 2.99. The van der Waals surface area contributed by atoms with Gasteiger partial charge in [0.1, 0.15) is 12.2 Å². The van der Waals surface area contributed by atoms with Crippen LogP contribution in [0.3, 0.4) is 0 Å². The molecule has 0 bridgehead atoms. The lowest BCUT2D eigenvalue weighted by Crippen LogP contribution is -2.60. The molecule has 10 atom stereocenters. The monoisotopic (exact) mass is 428 g/mol. The van der Waals surface area contributed by atoms with Crippen LogP contribution >= 0.6 is 0 Å². The molecule has 0 radical (unpaired) electrons. The van der Waals surface area contributed by atoms with Gasteiger partial charge in [-0.3, -0.25) is 4.79 Å². The van der Waals surface area contributed by atoms with Crippen molar-refractivity contribution in [2.45, 2.75) is 103 Å². The molecule has 3 saturated heterocycles. The first-order valence-corrected chi connectivity index (χ1v) is 10.8. The highest BCUT2D eigenvalue weighted by Gasteiger charge is 2.55. The first-order chi connectivity index (χ1) is 14.0. The summed E-state index contributed by atoms with van der Waals surface area (Å²) in [5, 5.41) is 0. The summed E-state index contributed by atoms with van der Waals surface area (Å²) < 4.78 is 42.3. The number of fused-ring (bicyclic) bond motifs is 1. The number of rotatable bonds is 6. The Hall–Kier alpha value is -1.03. The molecule has 4 unspecified atom stereocenters. The van der Waals surface area contributed by atoms with Crippen molar-refractivity contribution >= 4 is 5.97 Å². The summed E-state index contributed by atoms with van der Waals surface area (Å²) in [5.74, 6) is -1.20. The molecule has 0 aromatic carbocycles. The largest absolute Gasteiger partial charge is 0.457 e. The van der Waals surface area contributed by atoms with Gasteiger partial charge in [0, 0.05) is 18.8 Å². The Morgan fingerprint density at radius 2 is 1.60 bits per heavy atom. The van der Waals surface area contributed by atoms with E-state index in [1.807, 2.05) is 34.6 Å². The van der Waals surface area contributed by atoms with Crippen LogP contribution in [0, 0.1) is 11.8 Å². The molecular formula is C22H36O8. The normalized spacial score (nSPS) is 45.6. The molecule has 3 aliphatic heterocycles. The van der Waals surface area contributed by atoms with Crippen molar-refractivity contribution in [3.8, 4) is 0 Å². The van der Waals surface area contributed by atoms with Gasteiger partial charge in [-0.15, -0.1) is 6.58 Å². The van der Waals surface area contributed by atoms with E-state index >= 15 is 0 Å². The van der Waals surface area contributed by atoms with Crippen LogP contribution in [0.1, 0.15) is 48.5 Å². The highest BCUT2D eigenvalue weighted by atomic mass is 16.8. The number of hydrogen-bond acceptors (Lipinski definition) is 8. The van der Waals surface area contributed by atoms with Crippen LogP contribution in [-0.4, -0.2) is 67.6 Å². The van der Waals surface area contributed by atoms with E-state index in [2.05, 4.69) is 13.5 Å². The predicted octanol–water partition coefficient (Wildman–Crippen LogP) is 2.79. The first kappa shape index (κ1) is 23.6. The Bertz CT molecular complexity index is 622.